The SMILES string of the molecule is CCC(=O)Oc1cc[c-]c(-c2ccccn2)c1.CCC(=O)Oc1cc[c-]c(-c2ccccn2)c1.CCC(C)(C)C(=O)Oc1cc[c-]c(-c2ccccn2)c1.CCC(C)(CC(C)(C)C(=O)Oc1cc[c-]c(-c2ccccn2)c1)C(=O)Oc1cc[c-]c(-c2ccccn2)c1.CCCC(C)(CC)C(=O)Oc1cc[c-]c(-c2ccccn2)c1.[Ir+3].[Ir+3]. The van der Waals surface area contributed by atoms with Gasteiger partial charge in [-0.05, 0) is 144 Å². The smallest absolute Gasteiger partial charge is 0.447 e. The van der Waals surface area contributed by atoms with E-state index in [0.29, 0.717) is 53.8 Å². The molecule has 6 aromatic carbocycles. The van der Waals surface area contributed by atoms with Crippen molar-refractivity contribution in [2.45, 2.75) is 134 Å². The van der Waals surface area contributed by atoms with Crippen LogP contribution in [0.1, 0.15) is 134 Å². The minimum atomic E-state index is -0.960. The van der Waals surface area contributed by atoms with Gasteiger partial charge in [-0.2, -0.15) is 0 Å². The molecule has 0 N–H and O–H groups in total. The summed E-state index contributed by atoms with van der Waals surface area (Å²) in [6.45, 7) is 22.6. The normalized spacial score (nSPS) is 11.6. The molecule has 0 saturated carbocycles. The Balaban J connectivity index is 0.000000234. The molecular weight excluding hydrogens is 1810 g/mol. The zero-order valence-corrected chi connectivity index (χ0v) is 71.9. The van der Waals surface area contributed by atoms with Crippen LogP contribution in [0.15, 0.2) is 256 Å². The zero-order valence-electron chi connectivity index (χ0n) is 67.2. The molecule has 2 unspecified atom stereocenters. The number of nitrogens with zero attached hydrogens (tertiary/aromatic N) is 6. The standard InChI is InChI=1S/C32H30N2O4.C19H22NO2.C17H18NO2.2C14H12NO2.2Ir/c1-5-32(4,30(36)38-26-15-11-13-24(21-26)28-17-7-9-19-34-28)22-31(2,3)29(35)37-25-14-10-12-23(20-25)27-16-6-8-18-33-27;1-4-12-19(3,5-2)18(21)22-16-10-8-9-15(14-16)17-11-6-7-13-20-17;1-4-17(2,3)16(19)20-14-9-7-8-13(12-14)15-10-5-6-11-18-15;2*1-2-14(16)17-12-7-5-6-11(10-12)13-8-3-4-9-15-13;;/h6-11,14-21H,5,22H2,1-4H3;6-8,10-11,13-14H,4-5,12H2,1-3H3;5-7,9-12H,4H2,1-3H3;2*3-5,7-10H,2H2,1H3;;/q-2;4*-1;2*+3. The molecule has 0 aliphatic rings. The van der Waals surface area contributed by atoms with E-state index in [1.165, 1.54) is 0 Å². The van der Waals surface area contributed by atoms with Gasteiger partial charge in [-0.15, -0.1) is 179 Å². The Morgan fingerprint density at radius 1 is 0.293 bits per heavy atom. The van der Waals surface area contributed by atoms with Gasteiger partial charge in [0, 0.05) is 50.0 Å². The third kappa shape index (κ3) is 28.7. The van der Waals surface area contributed by atoms with Crippen LogP contribution in [0.25, 0.3) is 67.5 Å². The van der Waals surface area contributed by atoms with E-state index in [4.69, 9.17) is 28.4 Å². The van der Waals surface area contributed by atoms with Crippen molar-refractivity contribution >= 4 is 35.8 Å². The van der Waals surface area contributed by atoms with Gasteiger partial charge in [-0.25, -0.2) is 0 Å². The van der Waals surface area contributed by atoms with E-state index in [-0.39, 0.29) is 70.5 Å². The maximum atomic E-state index is 13.4. The zero-order chi connectivity index (χ0) is 81.9. The minimum Gasteiger partial charge on any atom is -0.447 e. The number of aromatic nitrogens is 6. The molecule has 6 heterocycles. The summed E-state index contributed by atoms with van der Waals surface area (Å²) >= 11 is 0. The van der Waals surface area contributed by atoms with Gasteiger partial charge in [0.05, 0.1) is 56.2 Å². The maximum absolute atomic E-state index is 13.4. The predicted molar refractivity (Wildman–Crippen MR) is 440 cm³/mol. The van der Waals surface area contributed by atoms with Gasteiger partial charge in [0.1, 0.15) is 0 Å². The quantitative estimate of drug-likeness (QED) is 0.0294. The number of pyridine rings is 6. The van der Waals surface area contributed by atoms with E-state index in [0.717, 1.165) is 93.2 Å². The second kappa shape index (κ2) is 46.6. The third-order valence-corrected chi connectivity index (χ3v) is 18.3. The van der Waals surface area contributed by atoms with Gasteiger partial charge in [0.15, 0.2) is 0 Å². The van der Waals surface area contributed by atoms with Crippen molar-refractivity contribution < 1.29 is 97.4 Å². The van der Waals surface area contributed by atoms with Crippen LogP contribution in [0.4, 0.5) is 0 Å². The third-order valence-electron chi connectivity index (χ3n) is 18.3. The van der Waals surface area contributed by atoms with Gasteiger partial charge >= 0.3 is 76.0 Å². The van der Waals surface area contributed by atoms with Crippen molar-refractivity contribution in [2.24, 2.45) is 21.7 Å². The first-order valence-electron chi connectivity index (χ1n) is 37.8. The Labute approximate surface area is 708 Å². The molecule has 0 radical (unpaired) electrons. The first kappa shape index (κ1) is 93.2. The largest absolute Gasteiger partial charge is 3.00 e. The summed E-state index contributed by atoms with van der Waals surface area (Å²) < 4.78 is 32.9. The van der Waals surface area contributed by atoms with Crippen LogP contribution >= 0.6 is 0 Å². The van der Waals surface area contributed by atoms with Gasteiger partial charge < -0.3 is 58.3 Å². The number of esters is 6. The molecule has 2 atom stereocenters. The summed E-state index contributed by atoms with van der Waals surface area (Å²) in [7, 11) is 0. The van der Waals surface area contributed by atoms with Crippen LogP contribution in [-0.2, 0) is 69.0 Å². The molecular formula is C96H94Ir2N6O12. The van der Waals surface area contributed by atoms with E-state index in [9.17, 15) is 28.8 Å². The van der Waals surface area contributed by atoms with Crippen molar-refractivity contribution in [3.8, 4) is 102 Å². The van der Waals surface area contributed by atoms with Gasteiger partial charge in [0.25, 0.3) is 0 Å². The molecule has 0 aliphatic heterocycles. The van der Waals surface area contributed by atoms with Crippen molar-refractivity contribution in [3.63, 3.8) is 0 Å². The number of hydrogen-bond donors (Lipinski definition) is 0. The molecule has 0 fully saturated rings. The molecule has 0 spiro atoms. The van der Waals surface area contributed by atoms with E-state index in [1.54, 1.807) is 168 Å². The number of hydrogen-bond acceptors (Lipinski definition) is 18. The Morgan fingerprint density at radius 2 is 0.526 bits per heavy atom. The summed E-state index contributed by atoms with van der Waals surface area (Å²) in [6, 6.07) is 83.6. The van der Waals surface area contributed by atoms with Gasteiger partial charge in [-0.1, -0.05) is 121 Å². The Morgan fingerprint density at radius 3 is 0.741 bits per heavy atom. The van der Waals surface area contributed by atoms with Gasteiger partial charge in [0.2, 0.25) is 0 Å². The molecule has 20 heteroatoms. The van der Waals surface area contributed by atoms with E-state index in [2.05, 4.69) is 73.2 Å². The fraction of sp³-hybridized carbons (Fsp3) is 0.250. The van der Waals surface area contributed by atoms with Crippen LogP contribution in [0.3, 0.4) is 0 Å². The van der Waals surface area contributed by atoms with Gasteiger partial charge in [-0.3, -0.25) is 28.8 Å². The van der Waals surface area contributed by atoms with Crippen LogP contribution in [0.2, 0.25) is 0 Å². The average molecular weight is 1910 g/mol. The molecule has 598 valence electrons. The van der Waals surface area contributed by atoms with Crippen LogP contribution in [0, 0.1) is 58.1 Å². The number of carbonyl (C=O) groups is 6. The Kier molecular flexibility index (Phi) is 37.5. The topological polar surface area (TPSA) is 235 Å². The fourth-order valence-electron chi connectivity index (χ4n) is 10.9. The minimum absolute atomic E-state index is 0. The van der Waals surface area contributed by atoms with Crippen LogP contribution < -0.4 is 28.4 Å². The Hall–Kier alpha value is -11.7. The molecule has 0 saturated heterocycles. The number of rotatable bonds is 25. The monoisotopic (exact) mass is 1910 g/mol. The average Bonchev–Trinajstić information content (AvgIpc) is 0.798. The number of carbonyl (C=O) groups excluding carboxylic acids is 6. The van der Waals surface area contributed by atoms with E-state index < -0.39 is 33.6 Å². The molecule has 12 aromatic rings. The van der Waals surface area contributed by atoms with Crippen molar-refractivity contribution in [3.05, 3.63) is 292 Å². The van der Waals surface area contributed by atoms with E-state index in [1.807, 2.05) is 164 Å². The van der Waals surface area contributed by atoms with Crippen molar-refractivity contribution in [1.82, 2.24) is 29.9 Å². The summed E-state index contributed by atoms with van der Waals surface area (Å²) in [6.07, 6.45) is 15.0. The number of ether oxygens (including phenoxy) is 6. The summed E-state index contributed by atoms with van der Waals surface area (Å²) in [5.74, 6) is 1.17. The van der Waals surface area contributed by atoms with Crippen molar-refractivity contribution in [2.75, 3.05) is 0 Å². The number of benzene rings is 6. The fourth-order valence-corrected chi connectivity index (χ4v) is 10.9. The summed E-state index contributed by atoms with van der Waals surface area (Å²) in [4.78, 5) is 99.1. The maximum Gasteiger partial charge on any atom is 3.00 e. The van der Waals surface area contributed by atoms with Crippen LogP contribution in [0.5, 0.6) is 34.5 Å². The predicted octanol–water partition coefficient (Wildman–Crippen LogP) is 21.0. The first-order valence-corrected chi connectivity index (χ1v) is 37.8. The van der Waals surface area contributed by atoms with Crippen LogP contribution in [-0.4, -0.2) is 65.7 Å². The molecule has 12 rings (SSSR count). The molecule has 0 bridgehead atoms. The summed E-state index contributed by atoms with van der Waals surface area (Å²) in [5, 5.41) is 0. The summed E-state index contributed by atoms with van der Waals surface area (Å²) in [5.41, 5.74) is 6.61. The molecule has 0 amide bonds. The molecule has 6 aromatic heterocycles. The molecule has 18 nitrogen and oxygen atoms in total. The second-order valence-corrected chi connectivity index (χ2v) is 28.0. The Bertz CT molecular complexity index is 4970. The van der Waals surface area contributed by atoms with E-state index >= 15 is 0 Å². The van der Waals surface area contributed by atoms with Crippen molar-refractivity contribution in [1.29, 1.82) is 0 Å². The molecule has 116 heavy (non-hydrogen) atoms. The molecule has 0 aliphatic carbocycles. The second-order valence-electron chi connectivity index (χ2n) is 28.0. The first-order chi connectivity index (χ1) is 54.9.